The van der Waals surface area contributed by atoms with Crippen LogP contribution in [0.5, 0.6) is 0 Å². The van der Waals surface area contributed by atoms with Crippen LogP contribution in [-0.4, -0.2) is 18.8 Å². The molecule has 0 bridgehead atoms. The van der Waals surface area contributed by atoms with Crippen LogP contribution in [0.1, 0.15) is 24.4 Å². The molecule has 0 amide bonds. The van der Waals surface area contributed by atoms with E-state index in [0.717, 1.165) is 18.6 Å². The summed E-state index contributed by atoms with van der Waals surface area (Å²) in [7, 11) is -3.53. The van der Waals surface area contributed by atoms with Crippen LogP contribution in [0.4, 0.5) is 0 Å². The van der Waals surface area contributed by atoms with Gasteiger partial charge in [-0.25, -0.2) is 8.42 Å². The maximum atomic E-state index is 12.9. The average molecular weight is 370 g/mol. The molecular weight excluding hydrogens is 354 g/mol. The highest BCUT2D eigenvalue weighted by molar-refractivity contribution is 9.10. The van der Waals surface area contributed by atoms with Crippen molar-refractivity contribution in [1.29, 1.82) is 0 Å². The first-order chi connectivity index (χ1) is 9.98. The Bertz CT molecular complexity index is 750. The summed E-state index contributed by atoms with van der Waals surface area (Å²) < 4.78 is 33.5. The minimum atomic E-state index is -3.53. The molecule has 0 unspecified atom stereocenters. The number of furan rings is 1. The van der Waals surface area contributed by atoms with Gasteiger partial charge in [-0.15, -0.1) is 0 Å². The van der Waals surface area contributed by atoms with Crippen LogP contribution >= 0.6 is 15.9 Å². The van der Waals surface area contributed by atoms with Gasteiger partial charge in [0, 0.05) is 10.5 Å². The van der Waals surface area contributed by atoms with Crippen LogP contribution < -0.4 is 0 Å². The Balaban J connectivity index is 1.95. The first-order valence-electron chi connectivity index (χ1n) is 6.80. The summed E-state index contributed by atoms with van der Waals surface area (Å²) in [5.74, 6) is 1.47. The Hall–Kier alpha value is -1.11. The zero-order valence-corrected chi connectivity index (χ0v) is 14.0. The van der Waals surface area contributed by atoms with E-state index in [4.69, 9.17) is 4.42 Å². The lowest BCUT2D eigenvalue weighted by Gasteiger charge is -2.21. The van der Waals surface area contributed by atoms with Crippen LogP contribution in [0.2, 0.25) is 0 Å². The molecule has 112 valence electrons. The van der Waals surface area contributed by atoms with Gasteiger partial charge in [-0.3, -0.25) is 0 Å². The monoisotopic (exact) mass is 369 g/mol. The predicted molar refractivity (Wildman–Crippen MR) is 83.3 cm³/mol. The summed E-state index contributed by atoms with van der Waals surface area (Å²) in [5.41, 5.74) is 0. The van der Waals surface area contributed by atoms with Crippen molar-refractivity contribution in [3.8, 4) is 0 Å². The minimum absolute atomic E-state index is 0.0764. The fourth-order valence-corrected chi connectivity index (χ4v) is 4.89. The maximum absolute atomic E-state index is 12.9. The highest BCUT2D eigenvalue weighted by atomic mass is 79.9. The average Bonchev–Trinajstić information content (AvgIpc) is 3.19. The van der Waals surface area contributed by atoms with Crippen LogP contribution in [0.3, 0.4) is 0 Å². The smallest absolute Gasteiger partial charge is 0.244 e. The van der Waals surface area contributed by atoms with Crippen molar-refractivity contribution in [3.05, 3.63) is 52.4 Å². The van der Waals surface area contributed by atoms with Gasteiger partial charge >= 0.3 is 0 Å². The van der Waals surface area contributed by atoms with E-state index < -0.39 is 10.0 Å². The van der Waals surface area contributed by atoms with Gasteiger partial charge in [-0.05, 0) is 60.0 Å². The van der Waals surface area contributed by atoms with Gasteiger partial charge in [0.25, 0.3) is 0 Å². The van der Waals surface area contributed by atoms with Gasteiger partial charge in [0.2, 0.25) is 10.0 Å². The number of hydrogen-bond acceptors (Lipinski definition) is 3. The van der Waals surface area contributed by atoms with E-state index in [9.17, 15) is 8.42 Å². The van der Waals surface area contributed by atoms with Crippen LogP contribution in [0.15, 0.2) is 50.2 Å². The second-order valence-corrected chi connectivity index (χ2v) is 7.94. The molecule has 4 nitrogen and oxygen atoms in total. The summed E-state index contributed by atoms with van der Waals surface area (Å²) in [6.45, 7) is 2.13. The number of halogens is 1. The first-order valence-corrected chi connectivity index (χ1v) is 9.03. The number of benzene rings is 1. The molecule has 1 fully saturated rings. The number of nitrogens with zero attached hydrogens (tertiary/aromatic N) is 1. The fourth-order valence-electron chi connectivity index (χ4n) is 2.28. The molecule has 3 rings (SSSR count). The Morgan fingerprint density at radius 3 is 2.52 bits per heavy atom. The molecule has 21 heavy (non-hydrogen) atoms. The minimum Gasteiger partial charge on any atom is -0.465 e. The lowest BCUT2D eigenvalue weighted by molar-refractivity contribution is 0.351. The van der Waals surface area contributed by atoms with Gasteiger partial charge < -0.3 is 4.42 Å². The first kappa shape index (κ1) is 14.8. The van der Waals surface area contributed by atoms with E-state index in [2.05, 4.69) is 15.9 Å². The highest BCUT2D eigenvalue weighted by Crippen LogP contribution is 2.35. The SMILES string of the molecule is Cc1ccc(CN(C2CC2)S(=O)(=O)c2ccccc2Br)o1. The second-order valence-electron chi connectivity index (χ2n) is 5.22. The Morgan fingerprint density at radius 1 is 1.24 bits per heavy atom. The van der Waals surface area contributed by atoms with Gasteiger partial charge in [0.15, 0.2) is 0 Å². The predicted octanol–water partition coefficient (Wildman–Crippen LogP) is 3.70. The number of aryl methyl sites for hydroxylation is 1. The standard InChI is InChI=1S/C15H16BrNO3S/c1-11-6-9-13(20-11)10-17(12-7-8-12)21(18,19)15-5-3-2-4-14(15)16/h2-6,9,12H,7-8,10H2,1H3. The zero-order chi connectivity index (χ0) is 15.0. The van der Waals surface area contributed by atoms with Crippen molar-refractivity contribution in [3.63, 3.8) is 0 Å². The molecule has 0 radical (unpaired) electrons. The zero-order valence-electron chi connectivity index (χ0n) is 11.6. The van der Waals surface area contributed by atoms with Crippen molar-refractivity contribution >= 4 is 26.0 Å². The summed E-state index contributed by atoms with van der Waals surface area (Å²) in [4.78, 5) is 0.306. The van der Waals surface area contributed by atoms with Crippen LogP contribution in [-0.2, 0) is 16.6 Å². The van der Waals surface area contributed by atoms with E-state index in [-0.39, 0.29) is 12.6 Å². The molecule has 6 heteroatoms. The Labute approximate surface area is 132 Å². The van der Waals surface area contributed by atoms with Gasteiger partial charge in [-0.2, -0.15) is 4.31 Å². The van der Waals surface area contributed by atoms with Gasteiger partial charge in [0.05, 0.1) is 11.4 Å². The largest absolute Gasteiger partial charge is 0.465 e. The molecule has 2 aromatic rings. The van der Waals surface area contributed by atoms with E-state index in [0.29, 0.717) is 15.1 Å². The number of rotatable bonds is 5. The molecule has 1 aliphatic carbocycles. The molecule has 1 heterocycles. The molecule has 1 saturated carbocycles. The molecule has 0 N–H and O–H groups in total. The lowest BCUT2D eigenvalue weighted by atomic mass is 10.4. The van der Waals surface area contributed by atoms with Crippen molar-refractivity contribution in [2.75, 3.05) is 0 Å². The summed E-state index contributed by atoms with van der Waals surface area (Å²) in [5, 5.41) is 0. The quantitative estimate of drug-likeness (QED) is 0.806. The fraction of sp³-hybridized carbons (Fsp3) is 0.333. The molecule has 1 aliphatic rings. The highest BCUT2D eigenvalue weighted by Gasteiger charge is 2.39. The van der Waals surface area contributed by atoms with E-state index in [1.54, 1.807) is 28.6 Å². The topological polar surface area (TPSA) is 50.5 Å². The summed E-state index contributed by atoms with van der Waals surface area (Å²) in [6.07, 6.45) is 1.81. The third-order valence-electron chi connectivity index (χ3n) is 3.49. The van der Waals surface area contributed by atoms with E-state index in [1.807, 2.05) is 19.1 Å². The van der Waals surface area contributed by atoms with Gasteiger partial charge in [0.1, 0.15) is 11.5 Å². The summed E-state index contributed by atoms with van der Waals surface area (Å²) in [6, 6.07) is 10.7. The Morgan fingerprint density at radius 2 is 1.95 bits per heavy atom. The number of sulfonamides is 1. The molecular formula is C15H16BrNO3S. The van der Waals surface area contributed by atoms with Crippen LogP contribution in [0, 0.1) is 6.92 Å². The number of hydrogen-bond donors (Lipinski definition) is 0. The van der Waals surface area contributed by atoms with E-state index in [1.165, 1.54) is 0 Å². The summed E-state index contributed by atoms with van der Waals surface area (Å²) >= 11 is 3.33. The van der Waals surface area contributed by atoms with Crippen molar-refractivity contribution in [2.24, 2.45) is 0 Å². The van der Waals surface area contributed by atoms with Crippen molar-refractivity contribution in [1.82, 2.24) is 4.31 Å². The van der Waals surface area contributed by atoms with Crippen LogP contribution in [0.25, 0.3) is 0 Å². The molecule has 1 aromatic heterocycles. The van der Waals surface area contributed by atoms with E-state index >= 15 is 0 Å². The normalized spacial score (nSPS) is 15.6. The van der Waals surface area contributed by atoms with Gasteiger partial charge in [-0.1, -0.05) is 12.1 Å². The molecule has 0 aliphatic heterocycles. The molecule has 1 aromatic carbocycles. The lowest BCUT2D eigenvalue weighted by Crippen LogP contribution is -2.32. The van der Waals surface area contributed by atoms with Crippen molar-refractivity contribution in [2.45, 2.75) is 37.2 Å². The molecule has 0 saturated heterocycles. The third-order valence-corrected chi connectivity index (χ3v) is 6.40. The Kier molecular flexibility index (Phi) is 3.94. The maximum Gasteiger partial charge on any atom is 0.244 e. The van der Waals surface area contributed by atoms with Crippen molar-refractivity contribution < 1.29 is 12.8 Å². The second kappa shape index (κ2) is 5.59. The molecule has 0 atom stereocenters. The molecule has 0 spiro atoms. The third kappa shape index (κ3) is 3.07.